The Labute approximate surface area is 103 Å². The molecule has 2 rings (SSSR count). The van der Waals surface area contributed by atoms with Gasteiger partial charge in [-0.2, -0.15) is 0 Å². The minimum Gasteiger partial charge on any atom is -0.310 e. The lowest BCUT2D eigenvalue weighted by Gasteiger charge is -2.35. The van der Waals surface area contributed by atoms with Gasteiger partial charge in [-0.25, -0.2) is 0 Å². The van der Waals surface area contributed by atoms with Gasteiger partial charge in [0.1, 0.15) is 0 Å². The van der Waals surface area contributed by atoms with E-state index in [1.807, 2.05) is 6.07 Å². The van der Waals surface area contributed by atoms with Crippen molar-refractivity contribution < 1.29 is 0 Å². The van der Waals surface area contributed by atoms with Crippen LogP contribution in [-0.2, 0) is 0 Å². The summed E-state index contributed by atoms with van der Waals surface area (Å²) in [5, 5.41) is 4.50. The van der Waals surface area contributed by atoms with E-state index in [-0.39, 0.29) is 0 Å². The third-order valence-corrected chi connectivity index (χ3v) is 4.10. The molecule has 0 aromatic heterocycles. The van der Waals surface area contributed by atoms with E-state index in [0.717, 1.165) is 17.5 Å². The third-order valence-electron chi connectivity index (χ3n) is 3.69. The Balaban J connectivity index is 2.26. The van der Waals surface area contributed by atoms with Crippen molar-refractivity contribution in [3.63, 3.8) is 0 Å². The Bertz CT molecular complexity index is 358. The second kappa shape index (κ2) is 5.20. The van der Waals surface area contributed by atoms with Gasteiger partial charge >= 0.3 is 0 Å². The molecule has 88 valence electrons. The number of halogens is 1. The van der Waals surface area contributed by atoms with Crippen LogP contribution in [0.5, 0.6) is 0 Å². The van der Waals surface area contributed by atoms with Gasteiger partial charge in [-0.15, -0.1) is 0 Å². The van der Waals surface area contributed by atoms with Crippen LogP contribution in [-0.4, -0.2) is 6.54 Å². The highest BCUT2D eigenvalue weighted by atomic mass is 35.5. The molecule has 0 bridgehead atoms. The predicted molar refractivity (Wildman–Crippen MR) is 69.9 cm³/mol. The molecule has 2 heteroatoms. The highest BCUT2D eigenvalue weighted by Gasteiger charge is 2.28. The molecule has 1 saturated carbocycles. The lowest BCUT2D eigenvalue weighted by molar-refractivity contribution is 0.232. The molecule has 1 fully saturated rings. The first kappa shape index (κ1) is 11.9. The van der Waals surface area contributed by atoms with Crippen molar-refractivity contribution >= 4 is 11.6 Å². The van der Waals surface area contributed by atoms with Crippen LogP contribution >= 0.6 is 11.6 Å². The van der Waals surface area contributed by atoms with Gasteiger partial charge < -0.3 is 5.32 Å². The van der Waals surface area contributed by atoms with Crippen LogP contribution in [0.1, 0.15) is 43.4 Å². The summed E-state index contributed by atoms with van der Waals surface area (Å²) < 4.78 is 0. The normalized spacial score (nSPS) is 18.2. The van der Waals surface area contributed by atoms with Gasteiger partial charge in [-0.3, -0.25) is 0 Å². The highest BCUT2D eigenvalue weighted by molar-refractivity contribution is 6.31. The molecule has 0 radical (unpaired) electrons. The molecule has 0 aliphatic heterocycles. The molecule has 16 heavy (non-hydrogen) atoms. The molecular weight excluding hydrogens is 218 g/mol. The van der Waals surface area contributed by atoms with Crippen LogP contribution in [0.2, 0.25) is 5.02 Å². The standard InChI is InChI=1S/C14H20ClN/c1-3-16-14(11-6-4-7-11)12-8-5-9-13(15)10(12)2/h5,8-9,11,14,16H,3-4,6-7H2,1-2H3. The summed E-state index contributed by atoms with van der Waals surface area (Å²) in [7, 11) is 0. The molecule has 0 amide bonds. The van der Waals surface area contributed by atoms with E-state index >= 15 is 0 Å². The van der Waals surface area contributed by atoms with E-state index in [0.29, 0.717) is 6.04 Å². The summed E-state index contributed by atoms with van der Waals surface area (Å²) in [4.78, 5) is 0. The van der Waals surface area contributed by atoms with E-state index in [1.165, 1.54) is 30.4 Å². The first-order valence-electron chi connectivity index (χ1n) is 6.22. The van der Waals surface area contributed by atoms with Crippen LogP contribution in [0.4, 0.5) is 0 Å². The highest BCUT2D eigenvalue weighted by Crippen LogP contribution is 2.39. The van der Waals surface area contributed by atoms with E-state index in [2.05, 4.69) is 31.3 Å². The number of hydrogen-bond donors (Lipinski definition) is 1. The van der Waals surface area contributed by atoms with Crippen molar-refractivity contribution in [2.45, 2.75) is 39.2 Å². The number of benzene rings is 1. The second-order valence-corrected chi connectivity index (χ2v) is 5.09. The average molecular weight is 238 g/mol. The fraction of sp³-hybridized carbons (Fsp3) is 0.571. The third kappa shape index (κ3) is 2.26. The molecule has 0 heterocycles. The van der Waals surface area contributed by atoms with Crippen molar-refractivity contribution in [2.75, 3.05) is 6.54 Å². The molecule has 1 nitrogen and oxygen atoms in total. The maximum Gasteiger partial charge on any atom is 0.0438 e. The van der Waals surface area contributed by atoms with Gasteiger partial charge in [-0.1, -0.05) is 37.1 Å². The average Bonchev–Trinajstić information content (AvgIpc) is 2.19. The zero-order valence-electron chi connectivity index (χ0n) is 10.1. The van der Waals surface area contributed by atoms with Crippen LogP contribution in [0, 0.1) is 12.8 Å². The molecule has 1 N–H and O–H groups in total. The fourth-order valence-electron chi connectivity index (χ4n) is 2.48. The van der Waals surface area contributed by atoms with Crippen molar-refractivity contribution in [3.05, 3.63) is 34.3 Å². The molecule has 1 unspecified atom stereocenters. The topological polar surface area (TPSA) is 12.0 Å². The quantitative estimate of drug-likeness (QED) is 0.832. The lowest BCUT2D eigenvalue weighted by Crippen LogP contribution is -2.32. The fourth-order valence-corrected chi connectivity index (χ4v) is 2.67. The van der Waals surface area contributed by atoms with Gasteiger partial charge in [0.15, 0.2) is 0 Å². The first-order chi connectivity index (χ1) is 7.74. The Morgan fingerprint density at radius 1 is 1.44 bits per heavy atom. The summed E-state index contributed by atoms with van der Waals surface area (Å²) in [5.41, 5.74) is 2.63. The second-order valence-electron chi connectivity index (χ2n) is 4.68. The van der Waals surface area contributed by atoms with Gasteiger partial charge in [0.2, 0.25) is 0 Å². The molecule has 1 aliphatic rings. The monoisotopic (exact) mass is 237 g/mol. The summed E-state index contributed by atoms with van der Waals surface area (Å²) in [6.07, 6.45) is 4.08. The smallest absolute Gasteiger partial charge is 0.0438 e. The summed E-state index contributed by atoms with van der Waals surface area (Å²) in [6.45, 7) is 5.32. The van der Waals surface area contributed by atoms with Gasteiger partial charge in [0.05, 0.1) is 0 Å². The largest absolute Gasteiger partial charge is 0.310 e. The zero-order valence-corrected chi connectivity index (χ0v) is 10.8. The molecule has 0 saturated heterocycles. The van der Waals surface area contributed by atoms with Crippen molar-refractivity contribution in [2.24, 2.45) is 5.92 Å². The Morgan fingerprint density at radius 3 is 2.75 bits per heavy atom. The molecule has 0 spiro atoms. The first-order valence-corrected chi connectivity index (χ1v) is 6.60. The van der Waals surface area contributed by atoms with Gasteiger partial charge in [-0.05, 0) is 49.4 Å². The molecule has 1 aliphatic carbocycles. The summed E-state index contributed by atoms with van der Waals surface area (Å²) in [6, 6.07) is 6.75. The van der Waals surface area contributed by atoms with Crippen LogP contribution in [0.25, 0.3) is 0 Å². The van der Waals surface area contributed by atoms with Gasteiger partial charge in [0, 0.05) is 11.1 Å². The maximum atomic E-state index is 6.20. The van der Waals surface area contributed by atoms with Crippen LogP contribution in [0.3, 0.4) is 0 Å². The summed E-state index contributed by atoms with van der Waals surface area (Å²) in [5.74, 6) is 0.803. The minimum absolute atomic E-state index is 0.498. The van der Waals surface area contributed by atoms with Crippen molar-refractivity contribution in [1.29, 1.82) is 0 Å². The van der Waals surface area contributed by atoms with Crippen molar-refractivity contribution in [3.8, 4) is 0 Å². The SMILES string of the molecule is CCNC(c1cccc(Cl)c1C)C1CCC1. The molecule has 1 aromatic carbocycles. The van der Waals surface area contributed by atoms with Crippen LogP contribution < -0.4 is 5.32 Å². The van der Waals surface area contributed by atoms with E-state index in [1.54, 1.807) is 0 Å². The Hall–Kier alpha value is -0.530. The maximum absolute atomic E-state index is 6.20. The number of rotatable bonds is 4. The molecule has 1 atom stereocenters. The molecule has 1 aromatic rings. The van der Waals surface area contributed by atoms with Gasteiger partial charge in [0.25, 0.3) is 0 Å². The van der Waals surface area contributed by atoms with E-state index in [9.17, 15) is 0 Å². The minimum atomic E-state index is 0.498. The number of nitrogens with one attached hydrogen (secondary N) is 1. The summed E-state index contributed by atoms with van der Waals surface area (Å²) >= 11 is 6.20. The van der Waals surface area contributed by atoms with Crippen LogP contribution in [0.15, 0.2) is 18.2 Å². The Morgan fingerprint density at radius 2 is 2.19 bits per heavy atom. The number of hydrogen-bond acceptors (Lipinski definition) is 1. The zero-order chi connectivity index (χ0) is 11.5. The molecular formula is C14H20ClN. The Kier molecular flexibility index (Phi) is 3.88. The lowest BCUT2D eigenvalue weighted by atomic mass is 9.76. The van der Waals surface area contributed by atoms with E-state index < -0.39 is 0 Å². The van der Waals surface area contributed by atoms with E-state index in [4.69, 9.17) is 11.6 Å². The van der Waals surface area contributed by atoms with Crippen molar-refractivity contribution in [1.82, 2.24) is 5.32 Å². The predicted octanol–water partition coefficient (Wildman–Crippen LogP) is 4.10.